The standard InChI is InChI=1S/C21H22N2O4/c1-13-8-9-18(14(2)10-13)23-12-15(11-19(23)24)20(25)22-17-7-5-4-6-16(17)21(26)27-3/h4-10,15H,11-12H2,1-3H3,(H,22,25). The van der Waals surface area contributed by atoms with Gasteiger partial charge in [-0.1, -0.05) is 29.8 Å². The first kappa shape index (κ1) is 18.6. The number of amides is 2. The highest BCUT2D eigenvalue weighted by atomic mass is 16.5. The number of aryl methyl sites for hydroxylation is 2. The van der Waals surface area contributed by atoms with E-state index < -0.39 is 11.9 Å². The van der Waals surface area contributed by atoms with Gasteiger partial charge in [-0.15, -0.1) is 0 Å². The van der Waals surface area contributed by atoms with Crippen LogP contribution in [0.25, 0.3) is 0 Å². The number of anilines is 2. The monoisotopic (exact) mass is 366 g/mol. The number of hydrogen-bond acceptors (Lipinski definition) is 4. The molecular formula is C21H22N2O4. The van der Waals surface area contributed by atoms with Gasteiger partial charge in [0, 0.05) is 18.7 Å². The van der Waals surface area contributed by atoms with Crippen LogP contribution in [0.15, 0.2) is 42.5 Å². The minimum Gasteiger partial charge on any atom is -0.465 e. The molecule has 1 atom stereocenters. The summed E-state index contributed by atoms with van der Waals surface area (Å²) in [5, 5.41) is 2.77. The molecule has 1 N–H and O–H groups in total. The summed E-state index contributed by atoms with van der Waals surface area (Å²) in [6.07, 6.45) is 0.138. The molecule has 140 valence electrons. The second kappa shape index (κ2) is 7.61. The van der Waals surface area contributed by atoms with Crippen LogP contribution in [0.5, 0.6) is 0 Å². The Morgan fingerprint density at radius 1 is 1.15 bits per heavy atom. The number of carbonyl (C=O) groups excluding carboxylic acids is 3. The number of nitrogens with zero attached hydrogens (tertiary/aromatic N) is 1. The Morgan fingerprint density at radius 2 is 1.89 bits per heavy atom. The van der Waals surface area contributed by atoms with Crippen molar-refractivity contribution in [1.29, 1.82) is 0 Å². The van der Waals surface area contributed by atoms with Gasteiger partial charge in [-0.25, -0.2) is 4.79 Å². The van der Waals surface area contributed by atoms with Crippen LogP contribution in [0.4, 0.5) is 11.4 Å². The van der Waals surface area contributed by atoms with E-state index in [9.17, 15) is 14.4 Å². The van der Waals surface area contributed by atoms with E-state index in [1.807, 2.05) is 32.0 Å². The van der Waals surface area contributed by atoms with Crippen LogP contribution >= 0.6 is 0 Å². The molecule has 2 aromatic carbocycles. The van der Waals surface area contributed by atoms with E-state index >= 15 is 0 Å². The molecule has 3 rings (SSSR count). The first-order valence-electron chi connectivity index (χ1n) is 8.76. The topological polar surface area (TPSA) is 75.7 Å². The van der Waals surface area contributed by atoms with Crippen LogP contribution in [-0.2, 0) is 14.3 Å². The van der Waals surface area contributed by atoms with Gasteiger partial charge in [0.2, 0.25) is 11.8 Å². The summed E-state index contributed by atoms with van der Waals surface area (Å²) in [6, 6.07) is 12.5. The summed E-state index contributed by atoms with van der Waals surface area (Å²) in [7, 11) is 1.29. The van der Waals surface area contributed by atoms with Crippen molar-refractivity contribution in [3.8, 4) is 0 Å². The van der Waals surface area contributed by atoms with Gasteiger partial charge in [0.25, 0.3) is 0 Å². The zero-order chi connectivity index (χ0) is 19.6. The fourth-order valence-electron chi connectivity index (χ4n) is 3.34. The highest BCUT2D eigenvalue weighted by Gasteiger charge is 2.36. The quantitative estimate of drug-likeness (QED) is 0.844. The lowest BCUT2D eigenvalue weighted by atomic mass is 10.1. The number of methoxy groups -OCH3 is 1. The second-order valence-corrected chi connectivity index (χ2v) is 6.72. The number of hydrogen-bond donors (Lipinski definition) is 1. The zero-order valence-corrected chi connectivity index (χ0v) is 15.6. The fourth-order valence-corrected chi connectivity index (χ4v) is 3.34. The Morgan fingerprint density at radius 3 is 2.59 bits per heavy atom. The van der Waals surface area contributed by atoms with Crippen LogP contribution in [0.2, 0.25) is 0 Å². The van der Waals surface area contributed by atoms with Gasteiger partial charge in [0.1, 0.15) is 0 Å². The second-order valence-electron chi connectivity index (χ2n) is 6.72. The lowest BCUT2D eigenvalue weighted by Gasteiger charge is -2.19. The molecule has 1 heterocycles. The predicted octanol–water partition coefficient (Wildman–Crippen LogP) is 3.08. The summed E-state index contributed by atoms with van der Waals surface area (Å²) in [5.41, 5.74) is 3.61. The highest BCUT2D eigenvalue weighted by Crippen LogP contribution is 2.29. The maximum absolute atomic E-state index is 12.7. The van der Waals surface area contributed by atoms with E-state index in [0.717, 1.165) is 16.8 Å². The molecule has 1 aliphatic heterocycles. The van der Waals surface area contributed by atoms with E-state index in [4.69, 9.17) is 4.74 Å². The molecule has 0 saturated carbocycles. The van der Waals surface area contributed by atoms with Gasteiger partial charge in [-0.2, -0.15) is 0 Å². The molecule has 1 aliphatic rings. The third kappa shape index (κ3) is 3.84. The average Bonchev–Trinajstić information content (AvgIpc) is 3.03. The fraction of sp³-hybridized carbons (Fsp3) is 0.286. The minimum absolute atomic E-state index is 0.0802. The lowest BCUT2D eigenvalue weighted by molar-refractivity contribution is -0.122. The number of nitrogens with one attached hydrogen (secondary N) is 1. The number of esters is 1. The van der Waals surface area contributed by atoms with E-state index in [-0.39, 0.29) is 23.8 Å². The first-order chi connectivity index (χ1) is 12.9. The number of carbonyl (C=O) groups is 3. The molecular weight excluding hydrogens is 344 g/mol. The van der Waals surface area contributed by atoms with Crippen LogP contribution in [0.1, 0.15) is 27.9 Å². The molecule has 6 nitrogen and oxygen atoms in total. The predicted molar refractivity (Wildman–Crippen MR) is 103 cm³/mol. The molecule has 0 spiro atoms. The van der Waals surface area contributed by atoms with Crippen molar-refractivity contribution in [3.05, 3.63) is 59.2 Å². The third-order valence-electron chi connectivity index (χ3n) is 4.73. The largest absolute Gasteiger partial charge is 0.465 e. The lowest BCUT2D eigenvalue weighted by Crippen LogP contribution is -2.29. The number of para-hydroxylation sites is 1. The maximum atomic E-state index is 12.7. The van der Waals surface area contributed by atoms with Crippen LogP contribution in [0, 0.1) is 19.8 Å². The van der Waals surface area contributed by atoms with Crippen LogP contribution < -0.4 is 10.2 Å². The van der Waals surface area contributed by atoms with E-state index in [1.165, 1.54) is 7.11 Å². The van der Waals surface area contributed by atoms with Crippen molar-refractivity contribution in [3.63, 3.8) is 0 Å². The Hall–Kier alpha value is -3.15. The van der Waals surface area contributed by atoms with Crippen molar-refractivity contribution < 1.29 is 19.1 Å². The summed E-state index contributed by atoms with van der Waals surface area (Å²) in [4.78, 5) is 38.7. The summed E-state index contributed by atoms with van der Waals surface area (Å²) >= 11 is 0. The Kier molecular flexibility index (Phi) is 5.26. The number of rotatable bonds is 4. The SMILES string of the molecule is COC(=O)c1ccccc1NC(=O)C1CC(=O)N(c2ccc(C)cc2C)C1. The van der Waals surface area contributed by atoms with Gasteiger partial charge < -0.3 is 15.0 Å². The van der Waals surface area contributed by atoms with Crippen LogP contribution in [-0.4, -0.2) is 31.4 Å². The number of benzene rings is 2. The van der Waals surface area contributed by atoms with Gasteiger partial charge in [0.15, 0.2) is 0 Å². The maximum Gasteiger partial charge on any atom is 0.339 e. The molecule has 0 aromatic heterocycles. The Labute approximate surface area is 158 Å². The summed E-state index contributed by atoms with van der Waals surface area (Å²) in [6.45, 7) is 4.27. The van der Waals surface area contributed by atoms with Crippen molar-refractivity contribution >= 4 is 29.2 Å². The summed E-state index contributed by atoms with van der Waals surface area (Å²) in [5.74, 6) is -1.37. The highest BCUT2D eigenvalue weighted by molar-refractivity contribution is 6.06. The molecule has 6 heteroatoms. The molecule has 1 fully saturated rings. The van der Waals surface area contributed by atoms with Crippen molar-refractivity contribution in [2.24, 2.45) is 5.92 Å². The smallest absolute Gasteiger partial charge is 0.339 e. The third-order valence-corrected chi connectivity index (χ3v) is 4.73. The average molecular weight is 366 g/mol. The zero-order valence-electron chi connectivity index (χ0n) is 15.6. The molecule has 1 saturated heterocycles. The van der Waals surface area contributed by atoms with Gasteiger partial charge in [-0.3, -0.25) is 9.59 Å². The van der Waals surface area contributed by atoms with Crippen molar-refractivity contribution in [2.45, 2.75) is 20.3 Å². The van der Waals surface area contributed by atoms with Crippen molar-refractivity contribution in [2.75, 3.05) is 23.9 Å². The van der Waals surface area contributed by atoms with Gasteiger partial charge in [0.05, 0.1) is 24.3 Å². The summed E-state index contributed by atoms with van der Waals surface area (Å²) < 4.78 is 4.75. The van der Waals surface area contributed by atoms with Gasteiger partial charge in [-0.05, 0) is 37.6 Å². The number of ether oxygens (including phenoxy) is 1. The van der Waals surface area contributed by atoms with Gasteiger partial charge >= 0.3 is 5.97 Å². The van der Waals surface area contributed by atoms with E-state index in [0.29, 0.717) is 12.2 Å². The molecule has 2 amide bonds. The Bertz CT molecular complexity index is 907. The molecule has 1 unspecified atom stereocenters. The van der Waals surface area contributed by atoms with E-state index in [2.05, 4.69) is 5.32 Å². The first-order valence-corrected chi connectivity index (χ1v) is 8.76. The van der Waals surface area contributed by atoms with Crippen LogP contribution in [0.3, 0.4) is 0 Å². The molecule has 2 aromatic rings. The van der Waals surface area contributed by atoms with Crippen molar-refractivity contribution in [1.82, 2.24) is 0 Å². The molecule has 0 bridgehead atoms. The molecule has 0 radical (unpaired) electrons. The Balaban J connectivity index is 1.76. The molecule has 0 aliphatic carbocycles. The van der Waals surface area contributed by atoms with E-state index in [1.54, 1.807) is 29.2 Å². The molecule has 27 heavy (non-hydrogen) atoms. The normalized spacial score (nSPS) is 16.3. The minimum atomic E-state index is -0.523.